The standard InChI is InChI=1S/C16H23ClN2O/c1-2-9-19(12-13-6-7-13)10-8-16(20)18-15-5-3-4-14(17)11-15/h3-5,11,13H,2,6-10,12H2,1H3,(H,18,20). The summed E-state index contributed by atoms with van der Waals surface area (Å²) in [6.07, 6.45) is 4.39. The van der Waals surface area contributed by atoms with E-state index in [0.717, 1.165) is 37.7 Å². The van der Waals surface area contributed by atoms with Crippen molar-refractivity contribution in [3.8, 4) is 0 Å². The van der Waals surface area contributed by atoms with Gasteiger partial charge in [0.15, 0.2) is 0 Å². The second-order valence-corrected chi connectivity index (χ2v) is 5.99. The van der Waals surface area contributed by atoms with E-state index in [2.05, 4.69) is 17.1 Å². The zero-order valence-electron chi connectivity index (χ0n) is 12.1. The summed E-state index contributed by atoms with van der Waals surface area (Å²) in [5.74, 6) is 0.932. The number of carbonyl (C=O) groups is 1. The van der Waals surface area contributed by atoms with Gasteiger partial charge in [-0.2, -0.15) is 0 Å². The number of rotatable bonds is 8. The van der Waals surface area contributed by atoms with Crippen molar-refractivity contribution in [3.05, 3.63) is 29.3 Å². The largest absolute Gasteiger partial charge is 0.326 e. The van der Waals surface area contributed by atoms with Gasteiger partial charge in [0, 0.05) is 30.2 Å². The maximum Gasteiger partial charge on any atom is 0.225 e. The zero-order valence-corrected chi connectivity index (χ0v) is 12.8. The van der Waals surface area contributed by atoms with E-state index >= 15 is 0 Å². The third-order valence-electron chi connectivity index (χ3n) is 3.52. The van der Waals surface area contributed by atoms with Crippen LogP contribution in [-0.2, 0) is 4.79 Å². The summed E-state index contributed by atoms with van der Waals surface area (Å²) in [4.78, 5) is 14.4. The SMILES string of the molecule is CCCN(CCC(=O)Nc1cccc(Cl)c1)CC1CC1. The predicted molar refractivity (Wildman–Crippen MR) is 84.2 cm³/mol. The molecule has 0 saturated heterocycles. The second-order valence-electron chi connectivity index (χ2n) is 5.55. The monoisotopic (exact) mass is 294 g/mol. The molecule has 110 valence electrons. The molecule has 0 spiro atoms. The predicted octanol–water partition coefficient (Wildman–Crippen LogP) is 3.79. The minimum Gasteiger partial charge on any atom is -0.326 e. The molecule has 1 aliphatic rings. The van der Waals surface area contributed by atoms with E-state index in [9.17, 15) is 4.79 Å². The van der Waals surface area contributed by atoms with E-state index < -0.39 is 0 Å². The Morgan fingerprint density at radius 3 is 2.85 bits per heavy atom. The first-order valence-corrected chi connectivity index (χ1v) is 7.83. The summed E-state index contributed by atoms with van der Waals surface area (Å²) in [5.41, 5.74) is 0.770. The minimum absolute atomic E-state index is 0.0594. The topological polar surface area (TPSA) is 32.3 Å². The van der Waals surface area contributed by atoms with Gasteiger partial charge in [-0.3, -0.25) is 4.79 Å². The lowest BCUT2D eigenvalue weighted by molar-refractivity contribution is -0.116. The summed E-state index contributed by atoms with van der Waals surface area (Å²) in [5, 5.41) is 3.54. The van der Waals surface area contributed by atoms with Gasteiger partial charge in [-0.25, -0.2) is 0 Å². The van der Waals surface area contributed by atoms with Crippen LogP contribution >= 0.6 is 11.6 Å². The summed E-state index contributed by atoms with van der Waals surface area (Å²) >= 11 is 5.90. The van der Waals surface area contributed by atoms with E-state index in [1.54, 1.807) is 12.1 Å². The lowest BCUT2D eigenvalue weighted by Gasteiger charge is -2.21. The lowest BCUT2D eigenvalue weighted by Crippen LogP contribution is -2.30. The molecule has 0 aliphatic heterocycles. The Balaban J connectivity index is 1.75. The maximum absolute atomic E-state index is 12.0. The quantitative estimate of drug-likeness (QED) is 0.791. The van der Waals surface area contributed by atoms with Crippen molar-refractivity contribution in [1.29, 1.82) is 0 Å². The highest BCUT2D eigenvalue weighted by Gasteiger charge is 2.24. The number of anilines is 1. The molecule has 20 heavy (non-hydrogen) atoms. The molecule has 1 aromatic carbocycles. The third kappa shape index (κ3) is 5.51. The first kappa shape index (κ1) is 15.3. The number of hydrogen-bond donors (Lipinski definition) is 1. The van der Waals surface area contributed by atoms with E-state index in [4.69, 9.17) is 11.6 Å². The van der Waals surface area contributed by atoms with Crippen molar-refractivity contribution >= 4 is 23.2 Å². The number of hydrogen-bond acceptors (Lipinski definition) is 2. The van der Waals surface area contributed by atoms with Crippen molar-refractivity contribution in [2.24, 2.45) is 5.92 Å². The average molecular weight is 295 g/mol. The van der Waals surface area contributed by atoms with E-state index in [0.29, 0.717) is 11.4 Å². The number of benzene rings is 1. The fourth-order valence-corrected chi connectivity index (χ4v) is 2.52. The van der Waals surface area contributed by atoms with Crippen LogP contribution in [-0.4, -0.2) is 30.4 Å². The maximum atomic E-state index is 12.0. The van der Waals surface area contributed by atoms with Crippen LogP contribution < -0.4 is 5.32 Å². The Bertz CT molecular complexity index is 446. The summed E-state index contributed by atoms with van der Waals surface area (Å²) < 4.78 is 0. The highest BCUT2D eigenvalue weighted by molar-refractivity contribution is 6.30. The third-order valence-corrected chi connectivity index (χ3v) is 3.75. The van der Waals surface area contributed by atoms with Gasteiger partial charge in [0.1, 0.15) is 0 Å². The highest BCUT2D eigenvalue weighted by atomic mass is 35.5. The molecule has 0 heterocycles. The lowest BCUT2D eigenvalue weighted by atomic mass is 10.2. The summed E-state index contributed by atoms with van der Waals surface area (Å²) in [6, 6.07) is 7.27. The molecule has 1 fully saturated rings. The number of nitrogens with one attached hydrogen (secondary N) is 1. The van der Waals surface area contributed by atoms with Crippen LogP contribution in [0.4, 0.5) is 5.69 Å². The first-order valence-electron chi connectivity index (χ1n) is 7.45. The molecular weight excluding hydrogens is 272 g/mol. The average Bonchev–Trinajstić information content (AvgIpc) is 3.20. The van der Waals surface area contributed by atoms with Crippen LogP contribution in [0.1, 0.15) is 32.6 Å². The number of carbonyl (C=O) groups excluding carboxylic acids is 1. The van der Waals surface area contributed by atoms with Crippen molar-refractivity contribution in [2.75, 3.05) is 25.0 Å². The van der Waals surface area contributed by atoms with Crippen LogP contribution in [0.25, 0.3) is 0 Å². The molecule has 1 N–H and O–H groups in total. The Morgan fingerprint density at radius 1 is 1.40 bits per heavy atom. The fourth-order valence-electron chi connectivity index (χ4n) is 2.33. The molecule has 0 radical (unpaired) electrons. The van der Waals surface area contributed by atoms with Gasteiger partial charge < -0.3 is 10.2 Å². The van der Waals surface area contributed by atoms with E-state index in [1.807, 2.05) is 12.1 Å². The van der Waals surface area contributed by atoms with Crippen LogP contribution in [0.15, 0.2) is 24.3 Å². The zero-order chi connectivity index (χ0) is 14.4. The van der Waals surface area contributed by atoms with Gasteiger partial charge >= 0.3 is 0 Å². The van der Waals surface area contributed by atoms with E-state index in [-0.39, 0.29) is 5.91 Å². The van der Waals surface area contributed by atoms with Gasteiger partial charge in [-0.15, -0.1) is 0 Å². The summed E-state index contributed by atoms with van der Waals surface area (Å²) in [6.45, 7) is 5.27. The van der Waals surface area contributed by atoms with Gasteiger partial charge in [0.25, 0.3) is 0 Å². The molecule has 2 rings (SSSR count). The molecule has 0 unspecified atom stereocenters. The van der Waals surface area contributed by atoms with Crippen molar-refractivity contribution in [2.45, 2.75) is 32.6 Å². The molecule has 0 bridgehead atoms. The molecular formula is C16H23ClN2O. The van der Waals surface area contributed by atoms with Gasteiger partial charge in [0.2, 0.25) is 5.91 Å². The molecule has 3 nitrogen and oxygen atoms in total. The molecule has 0 atom stereocenters. The minimum atomic E-state index is 0.0594. The Labute approximate surface area is 126 Å². The molecule has 1 amide bonds. The molecule has 0 aromatic heterocycles. The fraction of sp³-hybridized carbons (Fsp3) is 0.562. The Hall–Kier alpha value is -1.06. The molecule has 1 aliphatic carbocycles. The van der Waals surface area contributed by atoms with Gasteiger partial charge in [0.05, 0.1) is 0 Å². The Kier molecular flexibility index (Phi) is 5.86. The smallest absolute Gasteiger partial charge is 0.225 e. The molecule has 4 heteroatoms. The first-order chi connectivity index (χ1) is 9.67. The van der Waals surface area contributed by atoms with Gasteiger partial charge in [-0.05, 0) is 49.9 Å². The second kappa shape index (κ2) is 7.65. The van der Waals surface area contributed by atoms with Crippen LogP contribution in [0, 0.1) is 5.92 Å². The van der Waals surface area contributed by atoms with Crippen molar-refractivity contribution in [1.82, 2.24) is 4.90 Å². The number of halogens is 1. The van der Waals surface area contributed by atoms with Crippen LogP contribution in [0.2, 0.25) is 5.02 Å². The normalized spacial score (nSPS) is 14.6. The van der Waals surface area contributed by atoms with Crippen molar-refractivity contribution in [3.63, 3.8) is 0 Å². The summed E-state index contributed by atoms with van der Waals surface area (Å²) in [7, 11) is 0. The van der Waals surface area contributed by atoms with Crippen LogP contribution in [0.3, 0.4) is 0 Å². The Morgan fingerprint density at radius 2 is 2.20 bits per heavy atom. The van der Waals surface area contributed by atoms with Crippen LogP contribution in [0.5, 0.6) is 0 Å². The van der Waals surface area contributed by atoms with E-state index in [1.165, 1.54) is 12.8 Å². The van der Waals surface area contributed by atoms with Gasteiger partial charge in [-0.1, -0.05) is 24.6 Å². The highest BCUT2D eigenvalue weighted by Crippen LogP contribution is 2.29. The number of amides is 1. The molecule has 1 saturated carbocycles. The molecule has 1 aromatic rings. The number of nitrogens with zero attached hydrogens (tertiary/aromatic N) is 1. The van der Waals surface area contributed by atoms with Crippen molar-refractivity contribution < 1.29 is 4.79 Å².